The summed E-state index contributed by atoms with van der Waals surface area (Å²) in [5.41, 5.74) is 4.05. The first-order valence-electron chi connectivity index (χ1n) is 7.30. The van der Waals surface area contributed by atoms with Crippen LogP contribution in [0.4, 0.5) is 5.69 Å². The van der Waals surface area contributed by atoms with Crippen LogP contribution in [0.15, 0.2) is 35.3 Å². The summed E-state index contributed by atoms with van der Waals surface area (Å²) in [5.74, 6) is 0. The molecule has 2 heterocycles. The Morgan fingerprint density at radius 1 is 1.40 bits per heavy atom. The van der Waals surface area contributed by atoms with Gasteiger partial charge in [-0.05, 0) is 53.4 Å². The van der Waals surface area contributed by atoms with Gasteiger partial charge in [0.05, 0.1) is 11.9 Å². The highest BCUT2D eigenvalue weighted by Crippen LogP contribution is 2.34. The molecule has 1 N–H and O–H groups in total. The predicted octanol–water partition coefficient (Wildman–Crippen LogP) is 3.42. The van der Waals surface area contributed by atoms with Crippen molar-refractivity contribution in [3.8, 4) is 0 Å². The van der Waals surface area contributed by atoms with Crippen molar-refractivity contribution in [3.05, 3.63) is 46.4 Å². The largest absolute Gasteiger partial charge is 0.363 e. The molecule has 0 amide bonds. The number of nitrogens with one attached hydrogen (secondary N) is 1. The lowest BCUT2D eigenvalue weighted by atomic mass is 10.2. The number of anilines is 1. The highest BCUT2D eigenvalue weighted by molar-refractivity contribution is 7.07. The lowest BCUT2D eigenvalue weighted by molar-refractivity contribution is 0.713. The Kier molecular flexibility index (Phi) is 4.33. The van der Waals surface area contributed by atoms with Crippen molar-refractivity contribution in [2.24, 2.45) is 0 Å². The van der Waals surface area contributed by atoms with Gasteiger partial charge in [-0.3, -0.25) is 4.98 Å². The molecule has 2 aromatic rings. The Labute approximate surface area is 124 Å². The van der Waals surface area contributed by atoms with E-state index < -0.39 is 0 Å². The van der Waals surface area contributed by atoms with Crippen molar-refractivity contribution >= 4 is 17.0 Å². The molecule has 20 heavy (non-hydrogen) atoms. The van der Waals surface area contributed by atoms with Crippen LogP contribution in [-0.2, 0) is 13.1 Å². The third-order valence-electron chi connectivity index (χ3n) is 3.68. The summed E-state index contributed by atoms with van der Waals surface area (Å²) in [5, 5.41) is 7.83. The van der Waals surface area contributed by atoms with Gasteiger partial charge in [-0.1, -0.05) is 6.92 Å². The Morgan fingerprint density at radius 2 is 2.30 bits per heavy atom. The summed E-state index contributed by atoms with van der Waals surface area (Å²) in [6.45, 7) is 5.06. The number of rotatable bonds is 7. The van der Waals surface area contributed by atoms with Gasteiger partial charge in [0.15, 0.2) is 0 Å². The molecule has 3 nitrogen and oxygen atoms in total. The van der Waals surface area contributed by atoms with E-state index in [1.54, 1.807) is 11.3 Å². The summed E-state index contributed by atoms with van der Waals surface area (Å²) in [4.78, 5) is 6.88. The van der Waals surface area contributed by atoms with Crippen molar-refractivity contribution in [1.82, 2.24) is 10.3 Å². The summed E-state index contributed by atoms with van der Waals surface area (Å²) in [7, 11) is 0. The van der Waals surface area contributed by atoms with Crippen LogP contribution in [0.1, 0.15) is 30.9 Å². The van der Waals surface area contributed by atoms with Crippen LogP contribution in [0.2, 0.25) is 0 Å². The zero-order valence-corrected chi connectivity index (χ0v) is 12.7. The second-order valence-corrected chi connectivity index (χ2v) is 6.06. The molecule has 0 atom stereocenters. The van der Waals surface area contributed by atoms with Crippen molar-refractivity contribution in [2.75, 3.05) is 11.4 Å². The maximum absolute atomic E-state index is 4.35. The average molecular weight is 287 g/mol. The summed E-state index contributed by atoms with van der Waals surface area (Å²) < 4.78 is 0. The van der Waals surface area contributed by atoms with E-state index in [4.69, 9.17) is 0 Å². The quantitative estimate of drug-likeness (QED) is 0.845. The topological polar surface area (TPSA) is 28.2 Å². The van der Waals surface area contributed by atoms with Crippen molar-refractivity contribution < 1.29 is 0 Å². The Balaban J connectivity index is 1.83. The maximum Gasteiger partial charge on any atom is 0.0603 e. The van der Waals surface area contributed by atoms with E-state index in [1.165, 1.54) is 29.7 Å². The van der Waals surface area contributed by atoms with Gasteiger partial charge in [0.2, 0.25) is 0 Å². The highest BCUT2D eigenvalue weighted by atomic mass is 32.1. The molecule has 2 aromatic heterocycles. The number of hydrogen-bond donors (Lipinski definition) is 1. The smallest absolute Gasteiger partial charge is 0.0603 e. The molecule has 0 spiro atoms. The molecule has 0 unspecified atom stereocenters. The molecule has 0 aliphatic heterocycles. The summed E-state index contributed by atoms with van der Waals surface area (Å²) in [6.07, 6.45) is 6.53. The van der Waals surface area contributed by atoms with E-state index in [9.17, 15) is 0 Å². The third-order valence-corrected chi connectivity index (χ3v) is 4.42. The maximum atomic E-state index is 4.35. The Bertz CT molecular complexity index is 534. The minimum atomic E-state index is 0.694. The standard InChI is InChI=1S/C16H21N3S/c1-2-17-9-14-5-7-18-10-16(14)19(15-3-4-15)11-13-6-8-20-12-13/h5-8,10,12,15,17H,2-4,9,11H2,1H3. The van der Waals surface area contributed by atoms with Gasteiger partial charge in [0.1, 0.15) is 0 Å². The molecule has 0 radical (unpaired) electrons. The van der Waals surface area contributed by atoms with Crippen LogP contribution in [-0.4, -0.2) is 17.6 Å². The minimum Gasteiger partial charge on any atom is -0.363 e. The predicted molar refractivity (Wildman–Crippen MR) is 85.1 cm³/mol. The zero-order valence-electron chi connectivity index (χ0n) is 11.9. The number of pyridine rings is 1. The van der Waals surface area contributed by atoms with Crippen LogP contribution >= 0.6 is 11.3 Å². The second kappa shape index (κ2) is 6.37. The number of hydrogen-bond acceptors (Lipinski definition) is 4. The van der Waals surface area contributed by atoms with E-state index in [-0.39, 0.29) is 0 Å². The monoisotopic (exact) mass is 287 g/mol. The van der Waals surface area contributed by atoms with E-state index in [2.05, 4.69) is 45.0 Å². The number of aromatic nitrogens is 1. The first kappa shape index (κ1) is 13.6. The molecule has 1 aliphatic carbocycles. The molecule has 0 aromatic carbocycles. The second-order valence-electron chi connectivity index (χ2n) is 5.28. The molecule has 3 rings (SSSR count). The molecular weight excluding hydrogens is 266 g/mol. The SMILES string of the molecule is CCNCc1ccncc1N(Cc1ccsc1)C1CC1. The fourth-order valence-electron chi connectivity index (χ4n) is 2.46. The first-order valence-corrected chi connectivity index (χ1v) is 8.24. The van der Waals surface area contributed by atoms with Crippen LogP contribution in [0.25, 0.3) is 0 Å². The van der Waals surface area contributed by atoms with Crippen molar-refractivity contribution in [1.29, 1.82) is 0 Å². The molecule has 0 saturated heterocycles. The van der Waals surface area contributed by atoms with Gasteiger partial charge < -0.3 is 10.2 Å². The van der Waals surface area contributed by atoms with E-state index in [0.29, 0.717) is 6.04 Å². The first-order chi connectivity index (χ1) is 9.88. The lowest BCUT2D eigenvalue weighted by Gasteiger charge is -2.26. The van der Waals surface area contributed by atoms with Gasteiger partial charge in [-0.25, -0.2) is 0 Å². The molecule has 1 fully saturated rings. The van der Waals surface area contributed by atoms with Crippen LogP contribution in [0.3, 0.4) is 0 Å². The van der Waals surface area contributed by atoms with E-state index in [0.717, 1.165) is 19.6 Å². The summed E-state index contributed by atoms with van der Waals surface area (Å²) >= 11 is 1.77. The van der Waals surface area contributed by atoms with Gasteiger partial charge in [-0.15, -0.1) is 0 Å². The third kappa shape index (κ3) is 3.19. The Morgan fingerprint density at radius 3 is 3.00 bits per heavy atom. The fourth-order valence-corrected chi connectivity index (χ4v) is 3.12. The number of nitrogens with zero attached hydrogens (tertiary/aromatic N) is 2. The van der Waals surface area contributed by atoms with Crippen molar-refractivity contribution in [2.45, 2.75) is 38.9 Å². The Hall–Kier alpha value is -1.39. The van der Waals surface area contributed by atoms with Gasteiger partial charge in [0.25, 0.3) is 0 Å². The molecule has 1 saturated carbocycles. The van der Waals surface area contributed by atoms with E-state index >= 15 is 0 Å². The van der Waals surface area contributed by atoms with Gasteiger partial charge >= 0.3 is 0 Å². The highest BCUT2D eigenvalue weighted by Gasteiger charge is 2.30. The van der Waals surface area contributed by atoms with Crippen molar-refractivity contribution in [3.63, 3.8) is 0 Å². The summed E-state index contributed by atoms with van der Waals surface area (Å²) in [6, 6.07) is 5.06. The fraction of sp³-hybridized carbons (Fsp3) is 0.438. The van der Waals surface area contributed by atoms with Crippen LogP contribution in [0.5, 0.6) is 0 Å². The molecule has 106 valence electrons. The molecule has 0 bridgehead atoms. The normalized spacial score (nSPS) is 14.4. The van der Waals surface area contributed by atoms with Crippen LogP contribution < -0.4 is 10.2 Å². The molecule has 4 heteroatoms. The van der Waals surface area contributed by atoms with Crippen LogP contribution in [0, 0.1) is 0 Å². The van der Waals surface area contributed by atoms with Gasteiger partial charge in [0, 0.05) is 25.3 Å². The number of thiophene rings is 1. The van der Waals surface area contributed by atoms with Gasteiger partial charge in [-0.2, -0.15) is 11.3 Å². The van der Waals surface area contributed by atoms with E-state index in [1.807, 2.05) is 12.4 Å². The molecular formula is C16H21N3S. The average Bonchev–Trinajstić information content (AvgIpc) is 3.20. The lowest BCUT2D eigenvalue weighted by Crippen LogP contribution is -2.27. The zero-order chi connectivity index (χ0) is 13.8. The molecule has 1 aliphatic rings. The minimum absolute atomic E-state index is 0.694.